The molecule has 0 aliphatic rings. The van der Waals surface area contributed by atoms with Gasteiger partial charge in [0.05, 0.1) is 12.5 Å². The van der Waals surface area contributed by atoms with Crippen molar-refractivity contribution in [2.75, 3.05) is 11.1 Å². The van der Waals surface area contributed by atoms with Crippen molar-refractivity contribution in [1.82, 2.24) is 0 Å². The van der Waals surface area contributed by atoms with Crippen molar-refractivity contribution in [2.45, 2.75) is 19.4 Å². The number of nitrogens with one attached hydrogen (secondary N) is 1. The molecule has 4 heteroatoms. The molecule has 2 rings (SSSR count). The van der Waals surface area contributed by atoms with Crippen LogP contribution in [0.4, 0.5) is 11.4 Å². The van der Waals surface area contributed by atoms with Crippen LogP contribution in [0.15, 0.2) is 42.5 Å². The average Bonchev–Trinajstić information content (AvgIpc) is 2.43. The third kappa shape index (κ3) is 3.43. The first-order valence-corrected chi connectivity index (χ1v) is 6.75. The van der Waals surface area contributed by atoms with Gasteiger partial charge in [-0.05, 0) is 48.4 Å². The molecule has 0 fully saturated rings. The van der Waals surface area contributed by atoms with Crippen molar-refractivity contribution >= 4 is 23.0 Å². The van der Waals surface area contributed by atoms with Crippen LogP contribution in [0.2, 0.25) is 5.02 Å². The second-order valence-corrected chi connectivity index (χ2v) is 5.11. The van der Waals surface area contributed by atoms with E-state index in [1.165, 1.54) is 0 Å². The standard InChI is InChI=1S/C16H16ClN3/c1-11(12-3-2-4-14(17)9-12)20-15-5-6-16(19)13(10-15)7-8-18/h2-6,9-11,20H,7,19H2,1H3. The first-order chi connectivity index (χ1) is 9.60. The number of nitriles is 1. The molecule has 0 amide bonds. The van der Waals surface area contributed by atoms with Gasteiger partial charge >= 0.3 is 0 Å². The minimum atomic E-state index is 0.118. The van der Waals surface area contributed by atoms with Crippen molar-refractivity contribution in [3.05, 3.63) is 58.6 Å². The van der Waals surface area contributed by atoms with Gasteiger partial charge in [-0.2, -0.15) is 5.26 Å². The summed E-state index contributed by atoms with van der Waals surface area (Å²) in [4.78, 5) is 0. The second kappa shape index (κ2) is 6.31. The van der Waals surface area contributed by atoms with E-state index in [4.69, 9.17) is 22.6 Å². The first-order valence-electron chi connectivity index (χ1n) is 6.37. The van der Waals surface area contributed by atoms with Gasteiger partial charge in [0.1, 0.15) is 0 Å². The van der Waals surface area contributed by atoms with Gasteiger partial charge in [0.25, 0.3) is 0 Å². The van der Waals surface area contributed by atoms with Crippen molar-refractivity contribution < 1.29 is 0 Å². The summed E-state index contributed by atoms with van der Waals surface area (Å²) >= 11 is 6.00. The highest BCUT2D eigenvalue weighted by atomic mass is 35.5. The van der Waals surface area contributed by atoms with Crippen LogP contribution in [0.25, 0.3) is 0 Å². The molecule has 102 valence electrons. The number of hydrogen-bond donors (Lipinski definition) is 2. The van der Waals surface area contributed by atoms with E-state index in [0.717, 1.165) is 21.8 Å². The van der Waals surface area contributed by atoms with Crippen molar-refractivity contribution in [3.8, 4) is 6.07 Å². The van der Waals surface area contributed by atoms with E-state index in [0.29, 0.717) is 12.1 Å². The minimum Gasteiger partial charge on any atom is -0.398 e. The van der Waals surface area contributed by atoms with Gasteiger partial charge < -0.3 is 11.1 Å². The molecule has 3 N–H and O–H groups in total. The summed E-state index contributed by atoms with van der Waals surface area (Å²) in [6, 6.07) is 15.6. The van der Waals surface area contributed by atoms with Crippen molar-refractivity contribution in [2.24, 2.45) is 0 Å². The Labute approximate surface area is 124 Å². The lowest BCUT2D eigenvalue weighted by Gasteiger charge is -2.17. The van der Waals surface area contributed by atoms with E-state index in [1.54, 1.807) is 0 Å². The Morgan fingerprint density at radius 2 is 2.10 bits per heavy atom. The van der Waals surface area contributed by atoms with E-state index in [-0.39, 0.29) is 6.04 Å². The lowest BCUT2D eigenvalue weighted by Crippen LogP contribution is -2.07. The maximum Gasteiger partial charge on any atom is 0.0670 e. The van der Waals surface area contributed by atoms with E-state index in [2.05, 4.69) is 18.3 Å². The maximum absolute atomic E-state index is 8.78. The summed E-state index contributed by atoms with van der Waals surface area (Å²) in [7, 11) is 0. The molecule has 2 aromatic rings. The summed E-state index contributed by atoms with van der Waals surface area (Å²) in [5.74, 6) is 0. The second-order valence-electron chi connectivity index (χ2n) is 4.67. The van der Waals surface area contributed by atoms with Gasteiger partial charge in [-0.1, -0.05) is 23.7 Å². The highest BCUT2D eigenvalue weighted by molar-refractivity contribution is 6.30. The number of rotatable bonds is 4. The number of benzene rings is 2. The Kier molecular flexibility index (Phi) is 4.49. The zero-order chi connectivity index (χ0) is 14.5. The maximum atomic E-state index is 8.78. The van der Waals surface area contributed by atoms with Gasteiger partial charge in [0.2, 0.25) is 0 Å². The predicted octanol–water partition coefficient (Wildman–Crippen LogP) is 4.16. The molecular weight excluding hydrogens is 270 g/mol. The SMILES string of the molecule is CC(Nc1ccc(N)c(CC#N)c1)c1cccc(Cl)c1. The lowest BCUT2D eigenvalue weighted by molar-refractivity contribution is 0.884. The topological polar surface area (TPSA) is 61.8 Å². The zero-order valence-corrected chi connectivity index (χ0v) is 12.0. The molecular formula is C16H16ClN3. The monoisotopic (exact) mass is 285 g/mol. The number of nitrogens with two attached hydrogens (primary N) is 1. The van der Waals surface area contributed by atoms with Crippen molar-refractivity contribution in [3.63, 3.8) is 0 Å². The minimum absolute atomic E-state index is 0.118. The Bertz CT molecular complexity index is 646. The summed E-state index contributed by atoms with van der Waals surface area (Å²) in [6.45, 7) is 2.06. The number of halogens is 1. The molecule has 0 bridgehead atoms. The van der Waals surface area contributed by atoms with Crippen LogP contribution in [0.3, 0.4) is 0 Å². The average molecular weight is 286 g/mol. The molecule has 1 atom stereocenters. The summed E-state index contributed by atoms with van der Waals surface area (Å²) in [6.07, 6.45) is 0.312. The third-order valence-electron chi connectivity index (χ3n) is 3.14. The quantitative estimate of drug-likeness (QED) is 0.829. The molecule has 0 saturated carbocycles. The number of nitrogens with zero attached hydrogens (tertiary/aromatic N) is 1. The largest absolute Gasteiger partial charge is 0.398 e. The third-order valence-corrected chi connectivity index (χ3v) is 3.38. The fourth-order valence-electron chi connectivity index (χ4n) is 2.04. The van der Waals surface area contributed by atoms with Gasteiger partial charge in [-0.25, -0.2) is 0 Å². The number of nitrogen functional groups attached to an aromatic ring is 1. The molecule has 0 aromatic heterocycles. The van der Waals surface area contributed by atoms with Crippen LogP contribution < -0.4 is 11.1 Å². The highest BCUT2D eigenvalue weighted by Crippen LogP contribution is 2.24. The Morgan fingerprint density at radius 1 is 1.30 bits per heavy atom. The molecule has 0 spiro atoms. The van der Waals surface area contributed by atoms with Crippen LogP contribution >= 0.6 is 11.6 Å². The Balaban J connectivity index is 2.17. The zero-order valence-electron chi connectivity index (χ0n) is 11.2. The van der Waals surface area contributed by atoms with E-state index in [9.17, 15) is 0 Å². The van der Waals surface area contributed by atoms with Crippen LogP contribution in [0.5, 0.6) is 0 Å². The molecule has 0 heterocycles. The first kappa shape index (κ1) is 14.2. The lowest BCUT2D eigenvalue weighted by atomic mass is 10.1. The molecule has 0 aliphatic carbocycles. The van der Waals surface area contributed by atoms with Crippen LogP contribution in [0.1, 0.15) is 24.1 Å². The van der Waals surface area contributed by atoms with Crippen LogP contribution in [0, 0.1) is 11.3 Å². The van der Waals surface area contributed by atoms with Gasteiger partial charge in [-0.15, -0.1) is 0 Å². The predicted molar refractivity (Wildman–Crippen MR) is 83.7 cm³/mol. The fourth-order valence-corrected chi connectivity index (χ4v) is 2.24. The summed E-state index contributed by atoms with van der Waals surface area (Å²) in [5.41, 5.74) is 9.38. The smallest absolute Gasteiger partial charge is 0.0670 e. The number of hydrogen-bond acceptors (Lipinski definition) is 3. The molecule has 0 saturated heterocycles. The summed E-state index contributed by atoms with van der Waals surface area (Å²) < 4.78 is 0. The van der Waals surface area contributed by atoms with Crippen LogP contribution in [-0.2, 0) is 6.42 Å². The van der Waals surface area contributed by atoms with Crippen molar-refractivity contribution in [1.29, 1.82) is 5.26 Å². The molecule has 0 aliphatic heterocycles. The molecule has 1 unspecified atom stereocenters. The summed E-state index contributed by atoms with van der Waals surface area (Å²) in [5, 5.41) is 12.9. The normalized spacial score (nSPS) is 11.7. The fraction of sp³-hybridized carbons (Fsp3) is 0.188. The van der Waals surface area contributed by atoms with Gasteiger partial charge in [-0.3, -0.25) is 0 Å². The highest BCUT2D eigenvalue weighted by Gasteiger charge is 2.07. The van der Waals surface area contributed by atoms with E-state index >= 15 is 0 Å². The Morgan fingerprint density at radius 3 is 2.80 bits per heavy atom. The van der Waals surface area contributed by atoms with E-state index in [1.807, 2.05) is 42.5 Å². The van der Waals surface area contributed by atoms with Gasteiger partial charge in [0.15, 0.2) is 0 Å². The van der Waals surface area contributed by atoms with Gasteiger partial charge in [0, 0.05) is 22.4 Å². The number of anilines is 2. The molecule has 3 nitrogen and oxygen atoms in total. The molecule has 20 heavy (non-hydrogen) atoms. The molecule has 0 radical (unpaired) electrons. The molecule has 2 aromatic carbocycles. The Hall–Kier alpha value is -2.18. The van der Waals surface area contributed by atoms with E-state index < -0.39 is 0 Å². The van der Waals surface area contributed by atoms with Crippen LogP contribution in [-0.4, -0.2) is 0 Å².